The molecule has 0 aliphatic carbocycles. The van der Waals surface area contributed by atoms with E-state index in [-0.39, 0.29) is 104 Å². The van der Waals surface area contributed by atoms with Gasteiger partial charge in [-0.1, -0.05) is 73.7 Å². The fourth-order valence-electron chi connectivity index (χ4n) is 9.20. The number of rotatable bonds is 11. The average molecular weight is 999 g/mol. The zero-order chi connectivity index (χ0) is 46.0. The molecule has 0 radical (unpaired) electrons. The number of nitrogens with zero attached hydrogens (tertiary/aromatic N) is 4. The molecule has 68 heavy (non-hydrogen) atoms. The zero-order valence-corrected chi connectivity index (χ0v) is 42.6. The summed E-state index contributed by atoms with van der Waals surface area (Å²) in [6.45, 7) is 19.6. The molecule has 2 N–H and O–H groups in total. The number of alkyl halides is 2. The summed E-state index contributed by atoms with van der Waals surface area (Å²) in [7, 11) is 0. The van der Waals surface area contributed by atoms with Gasteiger partial charge in [0.25, 0.3) is 12.3 Å². The highest BCUT2D eigenvalue weighted by molar-refractivity contribution is 7.59. The smallest absolute Gasteiger partial charge is 0.324 e. The Balaban J connectivity index is 0.00000306. The van der Waals surface area contributed by atoms with Crippen LogP contribution in [-0.2, 0) is 48.0 Å². The van der Waals surface area contributed by atoms with E-state index >= 15 is 0 Å². The third kappa shape index (κ3) is 12.7. The molecule has 2 aromatic carbocycles. The maximum atomic E-state index is 14.9. The van der Waals surface area contributed by atoms with Crippen LogP contribution < -0.4 is 10.7 Å². The summed E-state index contributed by atoms with van der Waals surface area (Å²) in [4.78, 5) is 61.1. The van der Waals surface area contributed by atoms with E-state index in [1.807, 2.05) is 44.3 Å². The minimum Gasteiger partial charge on any atom is -0.464 e. The van der Waals surface area contributed by atoms with Gasteiger partial charge in [-0.15, -0.1) is 0 Å². The third-order valence-electron chi connectivity index (χ3n) is 12.8. The molecule has 2 aromatic heterocycles. The van der Waals surface area contributed by atoms with Crippen LogP contribution in [0, 0.1) is 17.3 Å². The van der Waals surface area contributed by atoms with Crippen LogP contribution in [0.25, 0.3) is 33.3 Å². The maximum Gasteiger partial charge on any atom is 0.324 e. The topological polar surface area (TPSA) is 135 Å². The van der Waals surface area contributed by atoms with Gasteiger partial charge in [-0.2, -0.15) is 40.5 Å². The standard InChI is InChI=1S/C50H62F2N6O6.CH4.3H2S/c1-9-43(59)56-25-35(26-56)63-27-39(29(3)4)47(60)54-41-21-31-19-33(22-34(20-31)46(51)52)32-15-16-42-37(23-32)38(45(57(42)10-2)36-13-11-17-53-44(36)30(5)6)24-50(7,8)28-64-49(62)40-14-12-18-58(55-40)48(41)61;;;;/h9,11,13,15-17,19-20,22-23,29-30,35,39-41,46,55H,1,10,12,14,18,21,24-28H2,2-8H3,(H,54,60);1H4;3*1H2/t39?,40-,41-;;;;/m0..../s1. The minimum atomic E-state index is -2.81. The van der Waals surface area contributed by atoms with Crippen molar-refractivity contribution < 1.29 is 37.4 Å². The lowest BCUT2D eigenvalue weighted by atomic mass is 9.83. The molecule has 2 fully saturated rings. The second-order valence-electron chi connectivity index (χ2n) is 18.9. The van der Waals surface area contributed by atoms with Crippen molar-refractivity contribution >= 4 is 75.1 Å². The summed E-state index contributed by atoms with van der Waals surface area (Å²) < 4.78 is 44.2. The van der Waals surface area contributed by atoms with Gasteiger partial charge in [0.2, 0.25) is 11.8 Å². The normalized spacial score (nSPS) is 18.8. The molecule has 4 aromatic rings. The van der Waals surface area contributed by atoms with Crippen molar-refractivity contribution in [3.05, 3.63) is 89.8 Å². The van der Waals surface area contributed by atoms with Crippen molar-refractivity contribution in [2.24, 2.45) is 17.3 Å². The first kappa shape index (κ1) is 57.9. The number of carbonyl (C=O) groups is 4. The molecule has 6 bridgehead atoms. The first-order chi connectivity index (χ1) is 30.5. The first-order valence-electron chi connectivity index (χ1n) is 22.6. The number of pyridine rings is 1. The largest absolute Gasteiger partial charge is 0.464 e. The van der Waals surface area contributed by atoms with Crippen molar-refractivity contribution in [2.75, 3.05) is 32.8 Å². The van der Waals surface area contributed by atoms with Crippen molar-refractivity contribution in [1.29, 1.82) is 0 Å². The van der Waals surface area contributed by atoms with Gasteiger partial charge in [-0.05, 0) is 96.7 Å². The predicted molar refractivity (Wildman–Crippen MR) is 280 cm³/mol. The molecule has 374 valence electrons. The van der Waals surface area contributed by atoms with Crippen molar-refractivity contribution in [3.8, 4) is 22.4 Å². The summed E-state index contributed by atoms with van der Waals surface area (Å²) in [6.07, 6.45) is 1.34. The van der Waals surface area contributed by atoms with E-state index in [0.29, 0.717) is 55.6 Å². The van der Waals surface area contributed by atoms with Crippen LogP contribution in [-0.4, -0.2) is 94.2 Å². The monoisotopic (exact) mass is 998 g/mol. The predicted octanol–water partition coefficient (Wildman–Crippen LogP) is 8.76. The van der Waals surface area contributed by atoms with E-state index in [0.717, 1.165) is 33.4 Å². The summed E-state index contributed by atoms with van der Waals surface area (Å²) in [6, 6.07) is 12.8. The molecule has 3 aliphatic rings. The fraction of sp³-hybridized carbons (Fsp3) is 0.510. The molecule has 17 heteroatoms. The number of likely N-dealkylation sites (tertiary alicyclic amines) is 1. The van der Waals surface area contributed by atoms with Gasteiger partial charge in [0.1, 0.15) is 12.1 Å². The number of hydrazine groups is 1. The number of aromatic nitrogens is 2. The van der Waals surface area contributed by atoms with E-state index in [1.54, 1.807) is 4.90 Å². The lowest BCUT2D eigenvalue weighted by Gasteiger charge is -2.39. The van der Waals surface area contributed by atoms with Crippen molar-refractivity contribution in [1.82, 2.24) is 30.2 Å². The van der Waals surface area contributed by atoms with E-state index < -0.39 is 47.6 Å². The quantitative estimate of drug-likeness (QED) is 0.113. The summed E-state index contributed by atoms with van der Waals surface area (Å²) in [5, 5.41) is 5.28. The van der Waals surface area contributed by atoms with E-state index in [4.69, 9.17) is 14.5 Å². The van der Waals surface area contributed by atoms with Crippen molar-refractivity contribution in [2.45, 2.75) is 119 Å². The van der Waals surface area contributed by atoms with E-state index in [2.05, 4.69) is 68.6 Å². The van der Waals surface area contributed by atoms with Gasteiger partial charge in [0.05, 0.1) is 36.6 Å². The Hall–Kier alpha value is -4.42. The van der Waals surface area contributed by atoms with Gasteiger partial charge in [-0.3, -0.25) is 29.2 Å². The number of benzene rings is 2. The minimum absolute atomic E-state index is 0. The molecule has 0 spiro atoms. The number of fused-ring (bicyclic) bond motifs is 6. The lowest BCUT2D eigenvalue weighted by Crippen LogP contribution is -2.61. The van der Waals surface area contributed by atoms with Gasteiger partial charge in [-0.25, -0.2) is 14.2 Å². The Morgan fingerprint density at radius 2 is 1.76 bits per heavy atom. The number of amides is 3. The van der Waals surface area contributed by atoms with Gasteiger partial charge >= 0.3 is 5.97 Å². The highest BCUT2D eigenvalue weighted by Gasteiger charge is 2.38. The molecule has 2 saturated heterocycles. The molecule has 7 rings (SSSR count). The number of ether oxygens (including phenoxy) is 2. The number of carbonyl (C=O) groups excluding carboxylic acids is 4. The molecule has 12 nitrogen and oxygen atoms in total. The second-order valence-corrected chi connectivity index (χ2v) is 18.9. The van der Waals surface area contributed by atoms with E-state index in [1.165, 1.54) is 23.2 Å². The lowest BCUT2D eigenvalue weighted by molar-refractivity contribution is -0.155. The number of esters is 1. The second kappa shape index (κ2) is 24.4. The molecule has 3 aliphatic heterocycles. The zero-order valence-electron chi connectivity index (χ0n) is 39.6. The maximum absolute atomic E-state index is 14.9. The molecular weight excluding hydrogens is 927 g/mol. The third-order valence-corrected chi connectivity index (χ3v) is 12.8. The van der Waals surface area contributed by atoms with Crippen LogP contribution in [0.4, 0.5) is 8.78 Å². The molecule has 0 saturated carbocycles. The SMILES string of the molecule is C.C=CC(=O)N1CC(OCC(C(=O)N[C@H]2Cc3cc(cc(C(F)F)c3)-c3ccc4c(c3)c(c(-c3cccnc3C(C)C)n4CC)CC(C)(C)COC(=O)[C@@H]3CCCN(N3)C2=O)C(C)C)C1.S.S.S. The Morgan fingerprint density at radius 1 is 1.04 bits per heavy atom. The average Bonchev–Trinajstić information content (AvgIpc) is 3.56. The Morgan fingerprint density at radius 3 is 2.41 bits per heavy atom. The Labute approximate surface area is 421 Å². The number of nitrogens with one attached hydrogen (secondary N) is 2. The summed E-state index contributed by atoms with van der Waals surface area (Å²) >= 11 is 0. The van der Waals surface area contributed by atoms with Crippen LogP contribution >= 0.6 is 40.5 Å². The molecule has 3 atom stereocenters. The number of hydrogen-bond donors (Lipinski definition) is 2. The summed E-state index contributed by atoms with van der Waals surface area (Å²) in [5.74, 6) is -2.35. The number of cyclic esters (lactones) is 1. The Kier molecular flexibility index (Phi) is 20.8. The fourth-order valence-corrected chi connectivity index (χ4v) is 9.20. The number of halogens is 2. The number of hydrogen-bond acceptors (Lipinski definition) is 8. The van der Waals surface area contributed by atoms with Gasteiger partial charge in [0.15, 0.2) is 0 Å². The van der Waals surface area contributed by atoms with Crippen LogP contribution in [0.15, 0.2) is 67.4 Å². The number of aryl methyl sites for hydroxylation is 1. The molecule has 5 heterocycles. The molecule has 3 amide bonds. The molecular formula is C51H72F2N6O6S3. The van der Waals surface area contributed by atoms with Crippen LogP contribution in [0.3, 0.4) is 0 Å². The van der Waals surface area contributed by atoms with Crippen LogP contribution in [0.5, 0.6) is 0 Å². The summed E-state index contributed by atoms with van der Waals surface area (Å²) in [5.41, 5.74) is 9.03. The van der Waals surface area contributed by atoms with Gasteiger partial charge < -0.3 is 24.3 Å². The highest BCUT2D eigenvalue weighted by atomic mass is 32.1. The first-order valence-corrected chi connectivity index (χ1v) is 22.6. The van der Waals surface area contributed by atoms with Crippen molar-refractivity contribution in [3.63, 3.8) is 0 Å². The van der Waals surface area contributed by atoms with E-state index in [9.17, 15) is 28.0 Å². The molecule has 1 unspecified atom stereocenters. The van der Waals surface area contributed by atoms with Crippen LogP contribution in [0.2, 0.25) is 0 Å². The highest BCUT2D eigenvalue weighted by Crippen LogP contribution is 2.42. The van der Waals surface area contributed by atoms with Crippen LogP contribution in [0.1, 0.15) is 103 Å². The van der Waals surface area contributed by atoms with Gasteiger partial charge in [0, 0.05) is 66.2 Å². The Bertz CT molecular complexity index is 2420.